The van der Waals surface area contributed by atoms with Gasteiger partial charge in [-0.3, -0.25) is 0 Å². The molecule has 2 atom stereocenters. The summed E-state index contributed by atoms with van der Waals surface area (Å²) in [7, 11) is 2.89. The average Bonchev–Trinajstić information content (AvgIpc) is 2.86. The fourth-order valence-electron chi connectivity index (χ4n) is 3.65. The van der Waals surface area contributed by atoms with Crippen molar-refractivity contribution in [3.63, 3.8) is 0 Å². The maximum absolute atomic E-state index is 10.2. The number of methoxy groups -OCH3 is 2. The van der Waals surface area contributed by atoms with E-state index < -0.39 is 12.2 Å². The van der Waals surface area contributed by atoms with Crippen molar-refractivity contribution >= 4 is 12.2 Å². The van der Waals surface area contributed by atoms with Crippen LogP contribution in [0.15, 0.2) is 54.6 Å². The smallest absolute Gasteiger partial charge is 0.200 e. The molecule has 33 heavy (non-hydrogen) atoms. The number of hydrogen-bond donors (Lipinski definition) is 2. The fraction of sp³-hybridized carbons (Fsp3) is 0.192. The monoisotopic (exact) mass is 445 g/mol. The molecule has 0 saturated heterocycles. The summed E-state index contributed by atoms with van der Waals surface area (Å²) in [5.41, 5.74) is 3.00. The Hall–Kier alpha value is -4.15. The van der Waals surface area contributed by atoms with Gasteiger partial charge < -0.3 is 29.2 Å². The zero-order chi connectivity index (χ0) is 23.4. The Bertz CT molecular complexity index is 1200. The molecule has 7 nitrogen and oxygen atoms in total. The summed E-state index contributed by atoms with van der Waals surface area (Å²) < 4.78 is 22.7. The molecule has 0 unspecified atom stereocenters. The van der Waals surface area contributed by atoms with Gasteiger partial charge in [0.1, 0.15) is 0 Å². The van der Waals surface area contributed by atoms with Crippen LogP contribution in [0, 0.1) is 11.3 Å². The Morgan fingerprint density at radius 3 is 2.27 bits per heavy atom. The van der Waals surface area contributed by atoms with E-state index in [0.29, 0.717) is 22.6 Å². The maximum Gasteiger partial charge on any atom is 0.200 e. The Balaban J connectivity index is 1.65. The van der Waals surface area contributed by atoms with E-state index in [1.54, 1.807) is 24.3 Å². The number of aliphatic hydroxyl groups is 1. The highest BCUT2D eigenvalue weighted by molar-refractivity contribution is 5.71. The van der Waals surface area contributed by atoms with Crippen LogP contribution in [-0.2, 0) is 0 Å². The van der Waals surface area contributed by atoms with Crippen LogP contribution in [-0.4, -0.2) is 37.1 Å². The quantitative estimate of drug-likeness (QED) is 0.545. The van der Waals surface area contributed by atoms with Crippen molar-refractivity contribution < 1.29 is 29.2 Å². The second-order valence-corrected chi connectivity index (χ2v) is 7.43. The Morgan fingerprint density at radius 1 is 0.939 bits per heavy atom. The summed E-state index contributed by atoms with van der Waals surface area (Å²) in [6.45, 7) is -0.271. The van der Waals surface area contributed by atoms with E-state index in [0.717, 1.165) is 11.1 Å². The van der Waals surface area contributed by atoms with Gasteiger partial charge >= 0.3 is 0 Å². The van der Waals surface area contributed by atoms with Crippen LogP contribution in [0.3, 0.4) is 0 Å². The van der Waals surface area contributed by atoms with Crippen molar-refractivity contribution in [2.24, 2.45) is 0 Å². The van der Waals surface area contributed by atoms with Crippen molar-refractivity contribution in [3.05, 3.63) is 76.9 Å². The van der Waals surface area contributed by atoms with Crippen LogP contribution in [0.2, 0.25) is 0 Å². The first-order valence-corrected chi connectivity index (χ1v) is 10.3. The molecule has 7 heteroatoms. The number of aromatic hydroxyl groups is 1. The molecule has 0 amide bonds. The molecule has 4 rings (SSSR count). The lowest BCUT2D eigenvalue weighted by molar-refractivity contribution is -0.0124. The van der Waals surface area contributed by atoms with E-state index in [9.17, 15) is 10.2 Å². The zero-order valence-electron chi connectivity index (χ0n) is 18.2. The predicted octanol–water partition coefficient (Wildman–Crippen LogP) is 4.32. The lowest BCUT2D eigenvalue weighted by Crippen LogP contribution is -2.36. The zero-order valence-corrected chi connectivity index (χ0v) is 18.2. The van der Waals surface area contributed by atoms with Gasteiger partial charge in [-0.1, -0.05) is 30.4 Å². The van der Waals surface area contributed by atoms with Crippen LogP contribution in [0.5, 0.6) is 28.7 Å². The lowest BCUT2D eigenvalue weighted by Gasteiger charge is -2.33. The third-order valence-electron chi connectivity index (χ3n) is 5.33. The molecule has 0 saturated carbocycles. The van der Waals surface area contributed by atoms with Crippen LogP contribution in [0.1, 0.15) is 28.4 Å². The third-order valence-corrected chi connectivity index (χ3v) is 5.33. The second kappa shape index (κ2) is 9.55. The molecule has 0 bridgehead atoms. The Labute approximate surface area is 191 Å². The minimum absolute atomic E-state index is 0.116. The molecule has 0 aliphatic carbocycles. The van der Waals surface area contributed by atoms with Gasteiger partial charge in [-0.2, -0.15) is 5.26 Å². The van der Waals surface area contributed by atoms with Crippen molar-refractivity contribution in [2.75, 3.05) is 20.8 Å². The topological polar surface area (TPSA) is 101 Å². The molecular formula is C26H23NO6. The van der Waals surface area contributed by atoms with Gasteiger partial charge in [-0.15, -0.1) is 0 Å². The first kappa shape index (κ1) is 22.1. The summed E-state index contributed by atoms with van der Waals surface area (Å²) in [4.78, 5) is 0. The maximum atomic E-state index is 10.2. The summed E-state index contributed by atoms with van der Waals surface area (Å²) >= 11 is 0. The Kier molecular flexibility index (Phi) is 6.38. The second-order valence-electron chi connectivity index (χ2n) is 7.43. The molecule has 0 fully saturated rings. The molecule has 2 N–H and O–H groups in total. The van der Waals surface area contributed by atoms with Crippen molar-refractivity contribution in [3.8, 4) is 34.8 Å². The largest absolute Gasteiger partial charge is 0.502 e. The van der Waals surface area contributed by atoms with Crippen molar-refractivity contribution in [2.45, 2.75) is 12.2 Å². The summed E-state index contributed by atoms with van der Waals surface area (Å²) in [6, 6.07) is 18.2. The standard InChI is InChI=1S/C26H23NO6/c1-30-22-12-19(13-23(31-2)25(22)29)26-24(15-28)32-20-9-8-17(11-21(20)33-26)7-6-16-4-3-5-18(10-16)14-27/h3-13,24,26,28-29H,15H2,1-2H3/b7-6+/t24-,26-/m0/s1. The Morgan fingerprint density at radius 2 is 1.64 bits per heavy atom. The number of phenolic OH excluding ortho intramolecular Hbond substituents is 1. The molecule has 0 radical (unpaired) electrons. The first-order valence-electron chi connectivity index (χ1n) is 10.3. The molecule has 1 aliphatic heterocycles. The minimum atomic E-state index is -0.661. The average molecular weight is 445 g/mol. The first-order chi connectivity index (χ1) is 16.1. The van der Waals surface area contributed by atoms with Gasteiger partial charge in [0.05, 0.1) is 32.5 Å². The molecular weight excluding hydrogens is 422 g/mol. The highest BCUT2D eigenvalue weighted by Gasteiger charge is 2.34. The van der Waals surface area contributed by atoms with Crippen LogP contribution >= 0.6 is 0 Å². The van der Waals surface area contributed by atoms with Gasteiger partial charge in [0.25, 0.3) is 0 Å². The number of hydrogen-bond acceptors (Lipinski definition) is 7. The molecule has 0 spiro atoms. The number of ether oxygens (including phenoxy) is 4. The van der Waals surface area contributed by atoms with Crippen LogP contribution in [0.25, 0.3) is 12.2 Å². The van der Waals surface area contributed by atoms with Crippen molar-refractivity contribution in [1.29, 1.82) is 5.26 Å². The molecule has 3 aromatic rings. The molecule has 1 aliphatic rings. The van der Waals surface area contributed by atoms with E-state index in [4.69, 9.17) is 24.2 Å². The normalized spacial score (nSPS) is 16.9. The van der Waals surface area contributed by atoms with Gasteiger partial charge in [0, 0.05) is 5.56 Å². The summed E-state index contributed by atoms with van der Waals surface area (Å²) in [6.07, 6.45) is 2.51. The lowest BCUT2D eigenvalue weighted by atomic mass is 10.0. The van der Waals surface area contributed by atoms with Gasteiger partial charge in [0.2, 0.25) is 5.75 Å². The molecule has 0 aromatic heterocycles. The van der Waals surface area contributed by atoms with E-state index in [1.165, 1.54) is 14.2 Å². The number of fused-ring (bicyclic) bond motifs is 1. The van der Waals surface area contributed by atoms with Gasteiger partial charge in [-0.25, -0.2) is 0 Å². The number of benzene rings is 3. The predicted molar refractivity (Wildman–Crippen MR) is 123 cm³/mol. The van der Waals surface area contributed by atoms with Crippen molar-refractivity contribution in [1.82, 2.24) is 0 Å². The van der Waals surface area contributed by atoms with E-state index in [-0.39, 0.29) is 23.9 Å². The number of phenols is 1. The van der Waals surface area contributed by atoms with E-state index in [2.05, 4.69) is 6.07 Å². The fourth-order valence-corrected chi connectivity index (χ4v) is 3.65. The van der Waals surface area contributed by atoms with Gasteiger partial charge in [0.15, 0.2) is 35.2 Å². The number of aliphatic hydroxyl groups excluding tert-OH is 1. The summed E-state index contributed by atoms with van der Waals surface area (Å²) in [5, 5.41) is 29.2. The third kappa shape index (κ3) is 4.56. The number of rotatable bonds is 6. The number of nitrogens with zero attached hydrogens (tertiary/aromatic N) is 1. The van der Waals surface area contributed by atoms with E-state index >= 15 is 0 Å². The molecule has 3 aromatic carbocycles. The minimum Gasteiger partial charge on any atom is -0.502 e. The highest BCUT2D eigenvalue weighted by Crippen LogP contribution is 2.44. The van der Waals surface area contributed by atoms with E-state index in [1.807, 2.05) is 42.5 Å². The van der Waals surface area contributed by atoms with Crippen LogP contribution < -0.4 is 18.9 Å². The number of nitriles is 1. The highest BCUT2D eigenvalue weighted by atomic mass is 16.6. The molecule has 1 heterocycles. The summed E-state index contributed by atoms with van der Waals surface area (Å²) in [5.74, 6) is 1.38. The molecule has 168 valence electrons. The van der Waals surface area contributed by atoms with Crippen LogP contribution in [0.4, 0.5) is 0 Å². The van der Waals surface area contributed by atoms with Gasteiger partial charge in [-0.05, 0) is 47.5 Å². The SMILES string of the molecule is COc1cc([C@@H]2Oc3cc(/C=C/c4cccc(C#N)c4)ccc3O[C@H]2CO)cc(OC)c1O.